The molecule has 0 aromatic carbocycles. The number of nitrogens with zero attached hydrogens (tertiary/aromatic N) is 2. The maximum absolute atomic E-state index is 12.3. The van der Waals surface area contributed by atoms with E-state index >= 15 is 0 Å². The summed E-state index contributed by atoms with van der Waals surface area (Å²) in [7, 11) is 0. The quantitative estimate of drug-likeness (QED) is 0.862. The zero-order chi connectivity index (χ0) is 14.0. The van der Waals surface area contributed by atoms with Crippen molar-refractivity contribution in [2.24, 2.45) is 0 Å². The van der Waals surface area contributed by atoms with E-state index in [1.165, 1.54) is 0 Å². The van der Waals surface area contributed by atoms with Crippen molar-refractivity contribution in [2.75, 3.05) is 18.1 Å². The van der Waals surface area contributed by atoms with Gasteiger partial charge in [-0.3, -0.25) is 4.79 Å². The first-order chi connectivity index (χ1) is 9.68. The topological polar surface area (TPSA) is 80.0 Å². The molecule has 3 rings (SSSR count). The highest BCUT2D eigenvalue weighted by molar-refractivity contribution is 7.99. The second kappa shape index (κ2) is 5.73. The Hall–Kier alpha value is -1.08. The summed E-state index contributed by atoms with van der Waals surface area (Å²) in [6.07, 6.45) is 3.39. The van der Waals surface area contributed by atoms with Crippen LogP contribution in [0.2, 0.25) is 0 Å². The predicted octanol–water partition coefficient (Wildman–Crippen LogP) is 0.969. The van der Waals surface area contributed by atoms with Gasteiger partial charge in [0.15, 0.2) is 5.82 Å². The van der Waals surface area contributed by atoms with Crippen molar-refractivity contribution < 1.29 is 9.32 Å². The Kier molecular flexibility index (Phi) is 3.98. The second-order valence-corrected chi connectivity index (χ2v) is 6.70. The number of amides is 1. The summed E-state index contributed by atoms with van der Waals surface area (Å²) in [5, 5.41) is 10.5. The molecule has 20 heavy (non-hydrogen) atoms. The third-order valence-electron chi connectivity index (χ3n) is 3.97. The van der Waals surface area contributed by atoms with Gasteiger partial charge in [0, 0.05) is 37.4 Å². The van der Waals surface area contributed by atoms with Crippen LogP contribution in [-0.4, -0.2) is 40.1 Å². The molecule has 1 aromatic rings. The number of carbonyl (C=O) groups excluding carboxylic acids is 1. The minimum atomic E-state index is -0.392. The lowest BCUT2D eigenvalue weighted by Gasteiger charge is -2.40. The fourth-order valence-corrected chi connectivity index (χ4v) is 3.67. The Labute approximate surface area is 122 Å². The standard InChI is InChI=1S/C13H20N4O2S/c1-9-15-12(17-19-9)13(3-2-4-13)16-11(18)7-10-8-20-6-5-14-10/h10,14H,2-8H2,1H3,(H,16,18). The zero-order valence-corrected chi connectivity index (χ0v) is 12.5. The Morgan fingerprint density at radius 1 is 1.60 bits per heavy atom. The van der Waals surface area contributed by atoms with E-state index in [9.17, 15) is 4.79 Å². The van der Waals surface area contributed by atoms with E-state index in [2.05, 4.69) is 20.8 Å². The van der Waals surface area contributed by atoms with E-state index in [0.717, 1.165) is 37.3 Å². The number of hydrogen-bond donors (Lipinski definition) is 2. The number of nitrogens with one attached hydrogen (secondary N) is 2. The first-order valence-corrected chi connectivity index (χ1v) is 8.26. The summed E-state index contributed by atoms with van der Waals surface area (Å²) in [5.74, 6) is 3.38. The largest absolute Gasteiger partial charge is 0.343 e. The smallest absolute Gasteiger partial charge is 0.223 e. The van der Waals surface area contributed by atoms with Gasteiger partial charge < -0.3 is 15.2 Å². The molecular formula is C13H20N4O2S. The van der Waals surface area contributed by atoms with Gasteiger partial charge in [0.25, 0.3) is 0 Å². The van der Waals surface area contributed by atoms with Crippen molar-refractivity contribution in [3.05, 3.63) is 11.7 Å². The van der Waals surface area contributed by atoms with Crippen LogP contribution in [0.25, 0.3) is 0 Å². The van der Waals surface area contributed by atoms with E-state index in [4.69, 9.17) is 4.52 Å². The van der Waals surface area contributed by atoms with E-state index in [1.54, 1.807) is 6.92 Å². The Balaban J connectivity index is 1.61. The van der Waals surface area contributed by atoms with Crippen LogP contribution in [0.15, 0.2) is 4.52 Å². The lowest BCUT2D eigenvalue weighted by molar-refractivity contribution is -0.125. The molecular weight excluding hydrogens is 276 g/mol. The lowest BCUT2D eigenvalue weighted by atomic mass is 9.76. The average Bonchev–Trinajstić information content (AvgIpc) is 2.82. The van der Waals surface area contributed by atoms with Crippen LogP contribution in [-0.2, 0) is 10.3 Å². The van der Waals surface area contributed by atoms with Gasteiger partial charge in [-0.05, 0) is 19.3 Å². The number of carbonyl (C=O) groups is 1. The molecule has 1 amide bonds. The highest BCUT2D eigenvalue weighted by Gasteiger charge is 2.44. The molecule has 7 heteroatoms. The predicted molar refractivity (Wildman–Crippen MR) is 76.4 cm³/mol. The molecule has 1 saturated heterocycles. The Bertz CT molecular complexity index is 480. The monoisotopic (exact) mass is 296 g/mol. The maximum Gasteiger partial charge on any atom is 0.223 e. The van der Waals surface area contributed by atoms with Crippen molar-refractivity contribution in [3.63, 3.8) is 0 Å². The molecule has 1 atom stereocenters. The van der Waals surface area contributed by atoms with E-state index < -0.39 is 5.54 Å². The molecule has 2 N–H and O–H groups in total. The van der Waals surface area contributed by atoms with Gasteiger partial charge in [-0.15, -0.1) is 0 Å². The minimum Gasteiger partial charge on any atom is -0.343 e. The molecule has 2 heterocycles. The number of thioether (sulfide) groups is 1. The third kappa shape index (κ3) is 2.83. The van der Waals surface area contributed by atoms with Gasteiger partial charge >= 0.3 is 0 Å². The van der Waals surface area contributed by atoms with Crippen LogP contribution in [0, 0.1) is 6.92 Å². The lowest BCUT2D eigenvalue weighted by Crippen LogP contribution is -2.53. The summed E-state index contributed by atoms with van der Waals surface area (Å²) in [6, 6.07) is 0.276. The van der Waals surface area contributed by atoms with Crippen LogP contribution in [0.3, 0.4) is 0 Å². The summed E-state index contributed by atoms with van der Waals surface area (Å²) in [5.41, 5.74) is -0.392. The summed E-state index contributed by atoms with van der Waals surface area (Å²) >= 11 is 1.90. The average molecular weight is 296 g/mol. The fraction of sp³-hybridized carbons (Fsp3) is 0.769. The van der Waals surface area contributed by atoms with E-state index in [-0.39, 0.29) is 11.9 Å². The first kappa shape index (κ1) is 13.9. The molecule has 1 aliphatic carbocycles. The molecule has 1 aromatic heterocycles. The fourth-order valence-electron chi connectivity index (χ4n) is 2.72. The molecule has 1 saturated carbocycles. The van der Waals surface area contributed by atoms with Crippen molar-refractivity contribution in [1.29, 1.82) is 0 Å². The van der Waals surface area contributed by atoms with Gasteiger partial charge in [0.1, 0.15) is 5.54 Å². The number of hydrogen-bond acceptors (Lipinski definition) is 6. The number of aromatic nitrogens is 2. The van der Waals surface area contributed by atoms with Crippen LogP contribution in [0.5, 0.6) is 0 Å². The van der Waals surface area contributed by atoms with Crippen molar-refractivity contribution in [2.45, 2.75) is 44.2 Å². The summed E-state index contributed by atoms with van der Waals surface area (Å²) < 4.78 is 5.05. The van der Waals surface area contributed by atoms with Crippen LogP contribution < -0.4 is 10.6 Å². The zero-order valence-electron chi connectivity index (χ0n) is 11.6. The molecule has 0 radical (unpaired) electrons. The second-order valence-electron chi connectivity index (χ2n) is 5.55. The highest BCUT2D eigenvalue weighted by atomic mass is 32.2. The maximum atomic E-state index is 12.3. The van der Waals surface area contributed by atoms with Crippen molar-refractivity contribution >= 4 is 17.7 Å². The molecule has 2 aliphatic rings. The molecule has 0 spiro atoms. The van der Waals surface area contributed by atoms with Gasteiger partial charge in [-0.25, -0.2) is 0 Å². The molecule has 2 fully saturated rings. The van der Waals surface area contributed by atoms with Crippen LogP contribution in [0.4, 0.5) is 0 Å². The normalized spacial score (nSPS) is 24.9. The van der Waals surface area contributed by atoms with Crippen molar-refractivity contribution in [1.82, 2.24) is 20.8 Å². The van der Waals surface area contributed by atoms with Crippen LogP contribution in [0.1, 0.15) is 37.4 Å². The Morgan fingerprint density at radius 3 is 3.00 bits per heavy atom. The Morgan fingerprint density at radius 2 is 2.45 bits per heavy atom. The molecule has 6 nitrogen and oxygen atoms in total. The number of aryl methyl sites for hydroxylation is 1. The van der Waals surface area contributed by atoms with E-state index in [1.807, 2.05) is 11.8 Å². The van der Waals surface area contributed by atoms with Gasteiger partial charge in [0.2, 0.25) is 11.8 Å². The third-order valence-corrected chi connectivity index (χ3v) is 5.10. The van der Waals surface area contributed by atoms with Crippen molar-refractivity contribution in [3.8, 4) is 0 Å². The first-order valence-electron chi connectivity index (χ1n) is 7.11. The molecule has 1 aliphatic heterocycles. The molecule has 110 valence electrons. The van der Waals surface area contributed by atoms with Gasteiger partial charge in [-0.1, -0.05) is 5.16 Å². The summed E-state index contributed by atoms with van der Waals surface area (Å²) in [4.78, 5) is 16.5. The molecule has 0 bridgehead atoms. The van der Waals surface area contributed by atoms with Crippen LogP contribution >= 0.6 is 11.8 Å². The van der Waals surface area contributed by atoms with Gasteiger partial charge in [-0.2, -0.15) is 16.7 Å². The SMILES string of the molecule is Cc1nc(C2(NC(=O)CC3CSCCN3)CCC2)no1. The van der Waals surface area contributed by atoms with E-state index in [0.29, 0.717) is 18.1 Å². The number of rotatable bonds is 4. The minimum absolute atomic E-state index is 0.0761. The molecule has 1 unspecified atom stereocenters. The highest BCUT2D eigenvalue weighted by Crippen LogP contribution is 2.39. The summed E-state index contributed by atoms with van der Waals surface area (Å²) in [6.45, 7) is 2.76. The van der Waals surface area contributed by atoms with Gasteiger partial charge in [0.05, 0.1) is 0 Å².